The second-order valence-electron chi connectivity index (χ2n) is 4.63. The molecule has 1 aliphatic rings. The van der Waals surface area contributed by atoms with E-state index in [1.165, 1.54) is 32.2 Å². The SMILES string of the molecule is CCCCCC[N+]1(CCO)CCOCC1.[I-]. The van der Waals surface area contributed by atoms with Crippen LogP contribution in [0.1, 0.15) is 32.6 Å². The first-order valence-electron chi connectivity index (χ1n) is 6.37. The van der Waals surface area contributed by atoms with Crippen LogP contribution >= 0.6 is 0 Å². The van der Waals surface area contributed by atoms with E-state index in [2.05, 4.69) is 6.92 Å². The minimum Gasteiger partial charge on any atom is -1.00 e. The minimum atomic E-state index is 0. The smallest absolute Gasteiger partial charge is 0.103 e. The molecule has 0 spiro atoms. The number of ether oxygens (including phenoxy) is 1. The second-order valence-corrected chi connectivity index (χ2v) is 4.63. The second kappa shape index (κ2) is 9.62. The van der Waals surface area contributed by atoms with E-state index in [4.69, 9.17) is 9.84 Å². The van der Waals surface area contributed by atoms with E-state index in [1.54, 1.807) is 0 Å². The summed E-state index contributed by atoms with van der Waals surface area (Å²) in [7, 11) is 0. The molecular formula is C12H26INO2. The van der Waals surface area contributed by atoms with Gasteiger partial charge in [0.2, 0.25) is 0 Å². The van der Waals surface area contributed by atoms with Crippen molar-refractivity contribution in [2.45, 2.75) is 32.6 Å². The van der Waals surface area contributed by atoms with Crippen molar-refractivity contribution < 1.29 is 38.3 Å². The van der Waals surface area contributed by atoms with Crippen LogP contribution in [0.15, 0.2) is 0 Å². The number of quaternary nitrogens is 1. The van der Waals surface area contributed by atoms with Crippen LogP contribution in [0.3, 0.4) is 0 Å². The lowest BCUT2D eigenvalue weighted by molar-refractivity contribution is -0.935. The number of morpholine rings is 1. The zero-order valence-corrected chi connectivity index (χ0v) is 12.6. The number of aliphatic hydroxyl groups is 1. The topological polar surface area (TPSA) is 29.5 Å². The van der Waals surface area contributed by atoms with Gasteiger partial charge in [-0.1, -0.05) is 19.8 Å². The molecule has 0 aromatic heterocycles. The van der Waals surface area contributed by atoms with Gasteiger partial charge in [0.15, 0.2) is 0 Å². The fourth-order valence-electron chi connectivity index (χ4n) is 2.38. The van der Waals surface area contributed by atoms with Crippen molar-refractivity contribution in [1.29, 1.82) is 0 Å². The van der Waals surface area contributed by atoms with Gasteiger partial charge in [0.05, 0.1) is 26.4 Å². The van der Waals surface area contributed by atoms with Gasteiger partial charge >= 0.3 is 0 Å². The Hall–Kier alpha value is 0.610. The number of aliphatic hydroxyl groups excluding tert-OH is 1. The minimum absolute atomic E-state index is 0. The molecule has 1 rings (SSSR count). The Labute approximate surface area is 117 Å². The molecule has 0 aromatic rings. The van der Waals surface area contributed by atoms with Crippen LogP contribution < -0.4 is 24.0 Å². The molecule has 1 aliphatic heterocycles. The summed E-state index contributed by atoms with van der Waals surface area (Å²) in [6.45, 7) is 8.61. The zero-order chi connectivity index (χ0) is 11.0. The number of unbranched alkanes of at least 4 members (excludes halogenated alkanes) is 3. The van der Waals surface area contributed by atoms with Crippen molar-refractivity contribution in [1.82, 2.24) is 0 Å². The Bertz CT molecular complexity index is 156. The molecule has 1 fully saturated rings. The molecule has 98 valence electrons. The highest BCUT2D eigenvalue weighted by atomic mass is 127. The highest BCUT2D eigenvalue weighted by Crippen LogP contribution is 2.14. The lowest BCUT2D eigenvalue weighted by atomic mass is 10.1. The summed E-state index contributed by atoms with van der Waals surface area (Å²) in [6.07, 6.45) is 5.27. The van der Waals surface area contributed by atoms with Crippen molar-refractivity contribution in [3.05, 3.63) is 0 Å². The van der Waals surface area contributed by atoms with Crippen molar-refractivity contribution in [3.8, 4) is 0 Å². The Morgan fingerprint density at radius 1 is 1.06 bits per heavy atom. The maximum absolute atomic E-state index is 9.13. The Morgan fingerprint density at radius 2 is 1.75 bits per heavy atom. The Morgan fingerprint density at radius 3 is 2.31 bits per heavy atom. The predicted molar refractivity (Wildman–Crippen MR) is 61.8 cm³/mol. The van der Waals surface area contributed by atoms with E-state index < -0.39 is 0 Å². The van der Waals surface area contributed by atoms with E-state index in [1.807, 2.05) is 0 Å². The molecule has 0 bridgehead atoms. The number of rotatable bonds is 7. The Kier molecular flexibility index (Phi) is 9.99. The summed E-state index contributed by atoms with van der Waals surface area (Å²) >= 11 is 0. The van der Waals surface area contributed by atoms with E-state index in [0.717, 1.165) is 37.3 Å². The summed E-state index contributed by atoms with van der Waals surface area (Å²) < 4.78 is 6.48. The summed E-state index contributed by atoms with van der Waals surface area (Å²) in [5.41, 5.74) is 0. The first kappa shape index (κ1) is 16.6. The van der Waals surface area contributed by atoms with Crippen molar-refractivity contribution >= 4 is 0 Å². The van der Waals surface area contributed by atoms with Crippen LogP contribution in [0, 0.1) is 0 Å². The van der Waals surface area contributed by atoms with Gasteiger partial charge in [-0.25, -0.2) is 0 Å². The van der Waals surface area contributed by atoms with Crippen LogP contribution in [0.25, 0.3) is 0 Å². The maximum Gasteiger partial charge on any atom is 0.103 e. The summed E-state index contributed by atoms with van der Waals surface area (Å²) in [5.74, 6) is 0. The number of hydrogen-bond acceptors (Lipinski definition) is 2. The van der Waals surface area contributed by atoms with E-state index >= 15 is 0 Å². The molecule has 0 amide bonds. The summed E-state index contributed by atoms with van der Waals surface area (Å²) in [4.78, 5) is 0. The lowest BCUT2D eigenvalue weighted by Gasteiger charge is -2.41. The van der Waals surface area contributed by atoms with E-state index in [0.29, 0.717) is 6.61 Å². The maximum atomic E-state index is 9.13. The molecule has 4 heteroatoms. The fraction of sp³-hybridized carbons (Fsp3) is 1.00. The average Bonchev–Trinajstić information content (AvgIpc) is 2.26. The highest BCUT2D eigenvalue weighted by molar-refractivity contribution is 4.51. The largest absolute Gasteiger partial charge is 1.00 e. The van der Waals surface area contributed by atoms with Gasteiger partial charge < -0.3 is 38.3 Å². The van der Waals surface area contributed by atoms with Crippen molar-refractivity contribution in [2.75, 3.05) is 46.0 Å². The van der Waals surface area contributed by atoms with E-state index in [9.17, 15) is 0 Å². The van der Waals surface area contributed by atoms with Crippen LogP contribution in [0.4, 0.5) is 0 Å². The number of hydrogen-bond donors (Lipinski definition) is 1. The third-order valence-electron chi connectivity index (χ3n) is 3.48. The third-order valence-corrected chi connectivity index (χ3v) is 3.48. The molecule has 3 nitrogen and oxygen atoms in total. The van der Waals surface area contributed by atoms with Gasteiger partial charge in [-0.2, -0.15) is 0 Å². The molecule has 16 heavy (non-hydrogen) atoms. The fourth-order valence-corrected chi connectivity index (χ4v) is 2.38. The molecule has 0 aromatic carbocycles. The van der Waals surface area contributed by atoms with Crippen LogP contribution in [0.2, 0.25) is 0 Å². The molecule has 0 atom stereocenters. The molecular weight excluding hydrogens is 317 g/mol. The molecule has 1 heterocycles. The zero-order valence-electron chi connectivity index (χ0n) is 10.5. The van der Waals surface area contributed by atoms with Crippen LogP contribution in [0.5, 0.6) is 0 Å². The van der Waals surface area contributed by atoms with Gasteiger partial charge in [0, 0.05) is 0 Å². The van der Waals surface area contributed by atoms with Crippen molar-refractivity contribution in [2.24, 2.45) is 0 Å². The lowest BCUT2D eigenvalue weighted by Crippen LogP contribution is -3.00. The van der Waals surface area contributed by atoms with Gasteiger partial charge in [-0.3, -0.25) is 0 Å². The van der Waals surface area contributed by atoms with Crippen LogP contribution in [-0.4, -0.2) is 55.6 Å². The van der Waals surface area contributed by atoms with Crippen LogP contribution in [-0.2, 0) is 4.74 Å². The average molecular weight is 343 g/mol. The van der Waals surface area contributed by atoms with Gasteiger partial charge in [-0.15, -0.1) is 0 Å². The normalized spacial score (nSPS) is 19.1. The number of halogens is 1. The molecule has 0 unspecified atom stereocenters. The highest BCUT2D eigenvalue weighted by Gasteiger charge is 2.28. The third kappa shape index (κ3) is 5.80. The van der Waals surface area contributed by atoms with Gasteiger partial charge in [0.1, 0.15) is 19.6 Å². The molecule has 0 saturated carbocycles. The van der Waals surface area contributed by atoms with Gasteiger partial charge in [0.25, 0.3) is 0 Å². The number of nitrogens with zero attached hydrogens (tertiary/aromatic N) is 1. The standard InChI is InChI=1S/C12H26NO2.HI/c1-2-3-4-5-6-13(7-10-14)8-11-15-12-9-13;/h14H,2-12H2,1H3;1H/q+1;/p-1. The predicted octanol–water partition coefficient (Wildman–Crippen LogP) is -1.59. The van der Waals surface area contributed by atoms with Gasteiger partial charge in [-0.05, 0) is 12.8 Å². The Balaban J connectivity index is 0.00000225. The summed E-state index contributed by atoms with van der Waals surface area (Å²) in [5, 5.41) is 9.13. The quantitative estimate of drug-likeness (QED) is 0.343. The van der Waals surface area contributed by atoms with E-state index in [-0.39, 0.29) is 24.0 Å². The molecule has 0 radical (unpaired) electrons. The molecule has 1 saturated heterocycles. The first-order valence-corrected chi connectivity index (χ1v) is 6.37. The monoisotopic (exact) mass is 343 g/mol. The summed E-state index contributed by atoms with van der Waals surface area (Å²) in [6, 6.07) is 0. The molecule has 1 N–H and O–H groups in total. The van der Waals surface area contributed by atoms with Crippen molar-refractivity contribution in [3.63, 3.8) is 0 Å². The first-order chi connectivity index (χ1) is 7.33. The molecule has 0 aliphatic carbocycles.